The SMILES string of the molecule is CCOC(=O)C(C#N)=Cc1cc(-c2nn(C)c(OC(F)F)c2Cl)c(Cl)cc1Cl. The Morgan fingerprint density at radius 3 is 2.61 bits per heavy atom. The molecule has 0 fully saturated rings. The predicted molar refractivity (Wildman–Crippen MR) is 101 cm³/mol. The summed E-state index contributed by atoms with van der Waals surface area (Å²) in [5.74, 6) is -1.17. The zero-order chi connectivity index (χ0) is 21.0. The molecule has 0 aliphatic rings. The Balaban J connectivity index is 2.59. The van der Waals surface area contributed by atoms with Gasteiger partial charge in [0.2, 0.25) is 5.88 Å². The zero-order valence-electron chi connectivity index (χ0n) is 14.5. The fraction of sp³-hybridized carbons (Fsp3) is 0.235. The van der Waals surface area contributed by atoms with Gasteiger partial charge in [-0.1, -0.05) is 34.8 Å². The highest BCUT2D eigenvalue weighted by molar-refractivity contribution is 6.39. The van der Waals surface area contributed by atoms with Crippen molar-refractivity contribution in [1.29, 1.82) is 5.26 Å². The van der Waals surface area contributed by atoms with E-state index in [1.807, 2.05) is 0 Å². The molecule has 0 saturated heterocycles. The van der Waals surface area contributed by atoms with Gasteiger partial charge in [-0.15, -0.1) is 0 Å². The molecule has 0 aliphatic carbocycles. The van der Waals surface area contributed by atoms with Gasteiger partial charge in [-0.2, -0.15) is 19.1 Å². The molecule has 0 amide bonds. The highest BCUT2D eigenvalue weighted by Gasteiger charge is 2.23. The van der Waals surface area contributed by atoms with E-state index in [2.05, 4.69) is 9.84 Å². The van der Waals surface area contributed by atoms with Crippen LogP contribution in [0.3, 0.4) is 0 Å². The maximum absolute atomic E-state index is 12.6. The average Bonchev–Trinajstić information content (AvgIpc) is 2.89. The second kappa shape index (κ2) is 9.24. The van der Waals surface area contributed by atoms with E-state index in [0.717, 1.165) is 4.68 Å². The average molecular weight is 451 g/mol. The molecule has 11 heteroatoms. The minimum atomic E-state index is -3.09. The van der Waals surface area contributed by atoms with Crippen molar-refractivity contribution in [2.75, 3.05) is 6.61 Å². The van der Waals surface area contributed by atoms with Gasteiger partial charge in [-0.05, 0) is 30.7 Å². The predicted octanol–water partition coefficient (Wildman–Crippen LogP) is 5.12. The molecule has 0 radical (unpaired) electrons. The smallest absolute Gasteiger partial charge is 0.388 e. The van der Waals surface area contributed by atoms with Crippen LogP contribution in [0, 0.1) is 11.3 Å². The number of nitriles is 1. The Bertz CT molecular complexity index is 984. The van der Waals surface area contributed by atoms with Crippen molar-refractivity contribution < 1.29 is 23.0 Å². The molecule has 1 aromatic carbocycles. The number of aromatic nitrogens is 2. The Hall–Kier alpha value is -2.34. The van der Waals surface area contributed by atoms with E-state index in [9.17, 15) is 18.8 Å². The van der Waals surface area contributed by atoms with Crippen LogP contribution in [-0.2, 0) is 16.6 Å². The van der Waals surface area contributed by atoms with Crippen LogP contribution in [0.25, 0.3) is 17.3 Å². The van der Waals surface area contributed by atoms with E-state index in [1.165, 1.54) is 25.3 Å². The lowest BCUT2D eigenvalue weighted by Gasteiger charge is -2.07. The summed E-state index contributed by atoms with van der Waals surface area (Å²) in [6, 6.07) is 4.50. The summed E-state index contributed by atoms with van der Waals surface area (Å²) >= 11 is 18.5. The number of hydrogen-bond donors (Lipinski definition) is 0. The van der Waals surface area contributed by atoms with Crippen molar-refractivity contribution in [1.82, 2.24) is 9.78 Å². The summed E-state index contributed by atoms with van der Waals surface area (Å²) in [4.78, 5) is 11.8. The van der Waals surface area contributed by atoms with Gasteiger partial charge in [0.25, 0.3) is 0 Å². The van der Waals surface area contributed by atoms with Crippen molar-refractivity contribution in [2.45, 2.75) is 13.5 Å². The second-order valence-electron chi connectivity index (χ2n) is 5.21. The Morgan fingerprint density at radius 2 is 2.04 bits per heavy atom. The molecular weight excluding hydrogens is 439 g/mol. The number of esters is 1. The van der Waals surface area contributed by atoms with Gasteiger partial charge >= 0.3 is 12.6 Å². The molecule has 2 aromatic rings. The first kappa shape index (κ1) is 22.0. The lowest BCUT2D eigenvalue weighted by Crippen LogP contribution is -2.06. The van der Waals surface area contributed by atoms with Crippen molar-refractivity contribution in [3.63, 3.8) is 0 Å². The molecule has 2 rings (SSSR count). The zero-order valence-corrected chi connectivity index (χ0v) is 16.7. The van der Waals surface area contributed by atoms with Gasteiger partial charge in [-0.25, -0.2) is 9.48 Å². The van der Waals surface area contributed by atoms with E-state index >= 15 is 0 Å². The molecule has 28 heavy (non-hydrogen) atoms. The van der Waals surface area contributed by atoms with Crippen LogP contribution in [-0.4, -0.2) is 29.0 Å². The highest BCUT2D eigenvalue weighted by Crippen LogP contribution is 2.40. The van der Waals surface area contributed by atoms with Gasteiger partial charge < -0.3 is 9.47 Å². The molecule has 6 nitrogen and oxygen atoms in total. The summed E-state index contributed by atoms with van der Waals surface area (Å²) < 4.78 is 35.3. The van der Waals surface area contributed by atoms with Crippen LogP contribution < -0.4 is 4.74 Å². The number of benzene rings is 1. The molecule has 0 bridgehead atoms. The molecule has 0 aliphatic heterocycles. The van der Waals surface area contributed by atoms with E-state index in [4.69, 9.17) is 39.5 Å². The van der Waals surface area contributed by atoms with Crippen molar-refractivity contribution in [3.05, 3.63) is 38.3 Å². The first-order chi connectivity index (χ1) is 13.2. The number of rotatable bonds is 6. The fourth-order valence-corrected chi connectivity index (χ4v) is 3.06. The summed E-state index contributed by atoms with van der Waals surface area (Å²) in [5.41, 5.74) is 0.267. The van der Waals surface area contributed by atoms with Crippen LogP contribution in [0.2, 0.25) is 15.1 Å². The van der Waals surface area contributed by atoms with E-state index < -0.39 is 12.6 Å². The van der Waals surface area contributed by atoms with E-state index in [0.29, 0.717) is 0 Å². The number of carbonyl (C=O) groups excluding carboxylic acids is 1. The summed E-state index contributed by atoms with van der Waals surface area (Å²) in [7, 11) is 1.37. The Kier molecular flexibility index (Phi) is 7.24. The Morgan fingerprint density at radius 1 is 1.36 bits per heavy atom. The summed E-state index contributed by atoms with van der Waals surface area (Å²) in [6.07, 6.45) is 1.22. The summed E-state index contributed by atoms with van der Waals surface area (Å²) in [5, 5.41) is 13.3. The normalized spacial score (nSPS) is 11.5. The van der Waals surface area contributed by atoms with Crippen LogP contribution in [0.1, 0.15) is 12.5 Å². The third-order valence-electron chi connectivity index (χ3n) is 3.40. The number of alkyl halides is 2. The monoisotopic (exact) mass is 449 g/mol. The summed E-state index contributed by atoms with van der Waals surface area (Å²) in [6.45, 7) is -1.40. The van der Waals surface area contributed by atoms with Crippen LogP contribution in [0.15, 0.2) is 17.7 Å². The van der Waals surface area contributed by atoms with Crippen LogP contribution in [0.4, 0.5) is 8.78 Å². The molecule has 0 unspecified atom stereocenters. The largest absolute Gasteiger partial charge is 0.462 e. The third-order valence-corrected chi connectivity index (χ3v) is 4.38. The Labute approximate surface area is 173 Å². The van der Waals surface area contributed by atoms with Gasteiger partial charge in [0.1, 0.15) is 22.4 Å². The number of ether oxygens (including phenoxy) is 2. The molecule has 148 valence electrons. The van der Waals surface area contributed by atoms with Gasteiger partial charge in [0.05, 0.1) is 11.6 Å². The highest BCUT2D eigenvalue weighted by atomic mass is 35.5. The van der Waals surface area contributed by atoms with Crippen molar-refractivity contribution in [3.8, 4) is 23.2 Å². The topological polar surface area (TPSA) is 77.1 Å². The maximum Gasteiger partial charge on any atom is 0.388 e. The number of aryl methyl sites for hydroxylation is 1. The van der Waals surface area contributed by atoms with E-state index in [1.54, 1.807) is 13.0 Å². The molecule has 0 spiro atoms. The fourth-order valence-electron chi connectivity index (χ4n) is 2.23. The first-order valence-corrected chi connectivity index (χ1v) is 8.78. The minimum Gasteiger partial charge on any atom is -0.462 e. The molecular formula is C17H12Cl3F2N3O3. The molecule has 1 aromatic heterocycles. The van der Waals surface area contributed by atoms with Crippen molar-refractivity contribution in [2.24, 2.45) is 7.05 Å². The van der Waals surface area contributed by atoms with Gasteiger partial charge in [0.15, 0.2) is 0 Å². The molecule has 0 atom stereocenters. The number of hydrogen-bond acceptors (Lipinski definition) is 5. The lowest BCUT2D eigenvalue weighted by molar-refractivity contribution is -0.137. The number of carbonyl (C=O) groups is 1. The van der Waals surface area contributed by atoms with Crippen molar-refractivity contribution >= 4 is 46.8 Å². The quantitative estimate of drug-likeness (QED) is 0.347. The number of halogens is 5. The minimum absolute atomic E-state index is 0.0609. The molecule has 0 N–H and O–H groups in total. The van der Waals surface area contributed by atoms with Gasteiger partial charge in [0, 0.05) is 17.6 Å². The third kappa shape index (κ3) is 4.73. The second-order valence-corrected chi connectivity index (χ2v) is 6.41. The van der Waals surface area contributed by atoms with Crippen LogP contribution in [0.5, 0.6) is 5.88 Å². The molecule has 0 saturated carbocycles. The lowest BCUT2D eigenvalue weighted by atomic mass is 10.1. The van der Waals surface area contributed by atoms with E-state index in [-0.39, 0.29) is 49.9 Å². The first-order valence-electron chi connectivity index (χ1n) is 7.65. The standard InChI is InChI=1S/C17H12Cl3F2N3O3/c1-3-27-16(26)9(7-23)4-8-5-10(12(19)6-11(8)18)14-13(20)15(25(2)24-14)28-17(21)22/h4-6,17H,3H2,1-2H3. The molecule has 1 heterocycles. The van der Waals surface area contributed by atoms with Crippen LogP contribution >= 0.6 is 34.8 Å². The maximum atomic E-state index is 12.6. The van der Waals surface area contributed by atoms with Gasteiger partial charge in [-0.3, -0.25) is 0 Å². The number of nitrogens with zero attached hydrogens (tertiary/aromatic N) is 3.